The monoisotopic (exact) mass is 312 g/mol. The van der Waals surface area contributed by atoms with Gasteiger partial charge in [0.25, 0.3) is 0 Å². The van der Waals surface area contributed by atoms with Crippen molar-refractivity contribution < 1.29 is 4.79 Å². The largest absolute Gasteiger partial charge is 0.340 e. The molecule has 1 aliphatic heterocycles. The Morgan fingerprint density at radius 1 is 1.52 bits per heavy atom. The Bertz CT molecular complexity index is 692. The maximum absolute atomic E-state index is 12.4. The molecular formula is C18H24N4O. The lowest BCUT2D eigenvalue weighted by atomic mass is 10.1. The molecule has 122 valence electrons. The van der Waals surface area contributed by atoms with Gasteiger partial charge in [0.05, 0.1) is 17.9 Å². The number of hydrogen-bond donors (Lipinski definition) is 2. The number of carbonyl (C=O) groups excluding carboxylic acids is 1. The van der Waals surface area contributed by atoms with Crippen molar-refractivity contribution in [2.45, 2.75) is 45.2 Å². The van der Waals surface area contributed by atoms with Crippen LogP contribution in [0.2, 0.25) is 0 Å². The molecule has 0 radical (unpaired) electrons. The fourth-order valence-corrected chi connectivity index (χ4v) is 3.21. The lowest BCUT2D eigenvalue weighted by Crippen LogP contribution is -2.34. The normalized spacial score (nSPS) is 19.1. The highest BCUT2D eigenvalue weighted by molar-refractivity contribution is 5.77. The maximum atomic E-state index is 12.4. The topological polar surface area (TPSA) is 75.0 Å². The van der Waals surface area contributed by atoms with Crippen LogP contribution in [0, 0.1) is 6.92 Å². The van der Waals surface area contributed by atoms with Gasteiger partial charge in [-0.25, -0.2) is 4.98 Å². The number of H-pyrrole nitrogens is 1. The number of hydrogen-bond acceptors (Lipinski definition) is 3. The molecule has 1 fully saturated rings. The second-order valence-electron chi connectivity index (χ2n) is 6.48. The third-order valence-electron chi connectivity index (χ3n) is 4.31. The predicted molar refractivity (Wildman–Crippen MR) is 90.7 cm³/mol. The van der Waals surface area contributed by atoms with Crippen LogP contribution in [0.1, 0.15) is 43.6 Å². The van der Waals surface area contributed by atoms with E-state index in [1.165, 1.54) is 5.56 Å². The number of imidazole rings is 1. The third kappa shape index (κ3) is 3.45. The first kappa shape index (κ1) is 15.7. The molecule has 3 rings (SSSR count). The van der Waals surface area contributed by atoms with Crippen LogP contribution < -0.4 is 5.73 Å². The van der Waals surface area contributed by atoms with Crippen molar-refractivity contribution in [3.63, 3.8) is 0 Å². The lowest BCUT2D eigenvalue weighted by Gasteiger charge is -2.24. The van der Waals surface area contributed by atoms with E-state index in [9.17, 15) is 4.79 Å². The Labute approximate surface area is 136 Å². The first-order chi connectivity index (χ1) is 11.0. The molecule has 5 nitrogen and oxygen atoms in total. The van der Waals surface area contributed by atoms with E-state index in [1.807, 2.05) is 24.1 Å². The number of nitrogens with two attached hydrogens (primary N) is 1. The van der Waals surface area contributed by atoms with Crippen LogP contribution in [-0.4, -0.2) is 33.4 Å². The van der Waals surface area contributed by atoms with Crippen LogP contribution in [0.5, 0.6) is 0 Å². The maximum Gasteiger partial charge on any atom is 0.224 e. The van der Waals surface area contributed by atoms with Gasteiger partial charge in [-0.1, -0.05) is 23.8 Å². The number of aryl methyl sites for hydroxylation is 1. The first-order valence-corrected chi connectivity index (χ1v) is 8.21. The highest BCUT2D eigenvalue weighted by Gasteiger charge is 2.32. The minimum Gasteiger partial charge on any atom is -0.340 e. The number of likely N-dealkylation sites (tertiary alicyclic amines) is 1. The van der Waals surface area contributed by atoms with Gasteiger partial charge < -0.3 is 15.6 Å². The van der Waals surface area contributed by atoms with E-state index in [-0.39, 0.29) is 18.0 Å². The van der Waals surface area contributed by atoms with E-state index >= 15 is 0 Å². The fourth-order valence-electron chi connectivity index (χ4n) is 3.21. The van der Waals surface area contributed by atoms with Crippen LogP contribution in [0.25, 0.3) is 11.3 Å². The average molecular weight is 312 g/mol. The van der Waals surface area contributed by atoms with E-state index < -0.39 is 0 Å². The average Bonchev–Trinajstić information content (AvgIpc) is 3.15. The van der Waals surface area contributed by atoms with Gasteiger partial charge in [0, 0.05) is 19.0 Å². The van der Waals surface area contributed by atoms with Crippen LogP contribution in [-0.2, 0) is 4.79 Å². The number of benzene rings is 1. The molecule has 0 saturated carbocycles. The second-order valence-corrected chi connectivity index (χ2v) is 6.48. The van der Waals surface area contributed by atoms with E-state index in [1.54, 1.807) is 0 Å². The number of nitrogens with one attached hydrogen (secondary N) is 1. The summed E-state index contributed by atoms with van der Waals surface area (Å²) in [5, 5.41) is 0. The van der Waals surface area contributed by atoms with Gasteiger partial charge in [0.15, 0.2) is 0 Å². The van der Waals surface area contributed by atoms with E-state index in [2.05, 4.69) is 35.1 Å². The van der Waals surface area contributed by atoms with Gasteiger partial charge in [0.1, 0.15) is 5.82 Å². The third-order valence-corrected chi connectivity index (χ3v) is 4.31. The van der Waals surface area contributed by atoms with E-state index in [0.717, 1.165) is 36.5 Å². The fraction of sp³-hybridized carbons (Fsp3) is 0.444. The molecule has 1 aromatic heterocycles. The van der Waals surface area contributed by atoms with Gasteiger partial charge >= 0.3 is 0 Å². The van der Waals surface area contributed by atoms with Crippen molar-refractivity contribution >= 4 is 5.91 Å². The van der Waals surface area contributed by atoms with Gasteiger partial charge in [-0.05, 0) is 38.3 Å². The summed E-state index contributed by atoms with van der Waals surface area (Å²) in [6.45, 7) is 4.73. The summed E-state index contributed by atoms with van der Waals surface area (Å²) >= 11 is 0. The summed E-state index contributed by atoms with van der Waals surface area (Å²) in [5.74, 6) is 0.994. The molecule has 2 atom stereocenters. The number of aromatic amines is 1. The van der Waals surface area contributed by atoms with Crippen molar-refractivity contribution in [1.82, 2.24) is 14.9 Å². The molecule has 2 heterocycles. The zero-order valence-corrected chi connectivity index (χ0v) is 13.7. The van der Waals surface area contributed by atoms with Crippen LogP contribution in [0.3, 0.4) is 0 Å². The van der Waals surface area contributed by atoms with Gasteiger partial charge in [-0.2, -0.15) is 0 Å². The molecule has 1 aliphatic rings. The van der Waals surface area contributed by atoms with Crippen LogP contribution in [0.4, 0.5) is 0 Å². The zero-order chi connectivity index (χ0) is 16.4. The van der Waals surface area contributed by atoms with Crippen molar-refractivity contribution in [3.8, 4) is 11.3 Å². The lowest BCUT2D eigenvalue weighted by molar-refractivity contribution is -0.132. The number of carbonyl (C=O) groups is 1. The Morgan fingerprint density at radius 3 is 3.09 bits per heavy atom. The Balaban J connectivity index is 1.80. The molecule has 0 spiro atoms. The molecule has 23 heavy (non-hydrogen) atoms. The molecule has 2 unspecified atom stereocenters. The quantitative estimate of drug-likeness (QED) is 0.911. The summed E-state index contributed by atoms with van der Waals surface area (Å²) in [4.78, 5) is 22.2. The summed E-state index contributed by atoms with van der Waals surface area (Å²) in [7, 11) is 0. The Hall–Kier alpha value is -2.14. The van der Waals surface area contributed by atoms with Crippen LogP contribution in [0.15, 0.2) is 30.5 Å². The molecule has 1 saturated heterocycles. The molecule has 1 aromatic carbocycles. The summed E-state index contributed by atoms with van der Waals surface area (Å²) in [6, 6.07) is 8.25. The highest BCUT2D eigenvalue weighted by atomic mass is 16.2. The molecule has 5 heteroatoms. The number of amides is 1. The highest BCUT2D eigenvalue weighted by Crippen LogP contribution is 2.32. The first-order valence-electron chi connectivity index (χ1n) is 8.21. The van der Waals surface area contributed by atoms with Crippen molar-refractivity contribution in [1.29, 1.82) is 0 Å². The summed E-state index contributed by atoms with van der Waals surface area (Å²) < 4.78 is 0. The van der Waals surface area contributed by atoms with Crippen LogP contribution >= 0.6 is 0 Å². The van der Waals surface area contributed by atoms with E-state index in [0.29, 0.717) is 6.42 Å². The summed E-state index contributed by atoms with van der Waals surface area (Å²) in [6.07, 6.45) is 4.21. The number of aromatic nitrogens is 2. The number of rotatable bonds is 4. The molecule has 1 amide bonds. The zero-order valence-electron chi connectivity index (χ0n) is 13.7. The van der Waals surface area contributed by atoms with E-state index in [4.69, 9.17) is 5.73 Å². The minimum absolute atomic E-state index is 0.0415. The molecule has 0 aliphatic carbocycles. The molecule has 3 N–H and O–H groups in total. The minimum atomic E-state index is -0.108. The smallest absolute Gasteiger partial charge is 0.224 e. The Kier molecular flexibility index (Phi) is 4.48. The molecule has 2 aromatic rings. The second kappa shape index (κ2) is 6.54. The number of nitrogens with zero attached hydrogens (tertiary/aromatic N) is 2. The van der Waals surface area contributed by atoms with Gasteiger partial charge in [0.2, 0.25) is 5.91 Å². The Morgan fingerprint density at radius 2 is 2.35 bits per heavy atom. The standard InChI is InChI=1S/C18H24N4O/c1-12-5-3-6-14(9-12)15-11-20-18(21-15)16-7-4-8-22(16)17(23)10-13(2)19/h3,5-6,9,11,13,16H,4,7-8,10,19H2,1-2H3,(H,20,21). The predicted octanol–water partition coefficient (Wildman–Crippen LogP) is 2.79. The van der Waals surface area contributed by atoms with Crippen molar-refractivity contribution in [2.24, 2.45) is 5.73 Å². The molecular weight excluding hydrogens is 288 g/mol. The SMILES string of the molecule is Cc1cccc(-c2cnc(C3CCCN3C(=O)CC(C)N)[nH]2)c1. The van der Waals surface area contributed by atoms with Gasteiger partial charge in [-0.3, -0.25) is 4.79 Å². The van der Waals surface area contributed by atoms with Crippen molar-refractivity contribution in [3.05, 3.63) is 41.9 Å². The summed E-state index contributed by atoms with van der Waals surface area (Å²) in [5.41, 5.74) is 9.10. The molecule has 0 bridgehead atoms. The van der Waals surface area contributed by atoms with Crippen molar-refractivity contribution in [2.75, 3.05) is 6.54 Å². The van der Waals surface area contributed by atoms with Gasteiger partial charge in [-0.15, -0.1) is 0 Å².